The molecule has 0 saturated carbocycles. The predicted molar refractivity (Wildman–Crippen MR) is 91.8 cm³/mol. The van der Waals surface area contributed by atoms with Crippen molar-refractivity contribution in [3.8, 4) is 11.5 Å². The molecule has 1 aliphatic rings. The second-order valence-corrected chi connectivity index (χ2v) is 8.66. The van der Waals surface area contributed by atoms with Gasteiger partial charge in [-0.1, -0.05) is 0 Å². The van der Waals surface area contributed by atoms with Gasteiger partial charge in [-0.05, 0) is 36.4 Å². The van der Waals surface area contributed by atoms with E-state index in [1.54, 1.807) is 0 Å². The smallest absolute Gasteiger partial charge is 0.475 e. The first-order chi connectivity index (χ1) is 12.7. The first-order valence-electron chi connectivity index (χ1n) is 7.68. The third kappa shape index (κ3) is 4.53. The second kappa shape index (κ2) is 7.39. The molecule has 146 valence electrons. The van der Waals surface area contributed by atoms with Crippen molar-refractivity contribution >= 4 is 26.5 Å². The van der Waals surface area contributed by atoms with Crippen LogP contribution in [-0.4, -0.2) is 31.3 Å². The first kappa shape index (κ1) is 19.5. The summed E-state index contributed by atoms with van der Waals surface area (Å²) in [5.74, 6) is 0.733. The molecule has 1 unspecified atom stereocenters. The van der Waals surface area contributed by atoms with Crippen LogP contribution in [0.3, 0.4) is 0 Å². The van der Waals surface area contributed by atoms with Gasteiger partial charge in [0.1, 0.15) is 0 Å². The van der Waals surface area contributed by atoms with Crippen LogP contribution in [0.5, 0.6) is 11.5 Å². The fraction of sp³-hybridized carbons (Fsp3) is 0.250. The molecule has 0 fully saturated rings. The van der Waals surface area contributed by atoms with E-state index < -0.39 is 31.2 Å². The van der Waals surface area contributed by atoms with Crippen molar-refractivity contribution in [2.75, 3.05) is 17.9 Å². The van der Waals surface area contributed by atoms with E-state index in [1.165, 1.54) is 18.2 Å². The van der Waals surface area contributed by atoms with Crippen molar-refractivity contribution in [1.29, 1.82) is 0 Å². The molecular formula is C16H14F3NO5S2. The van der Waals surface area contributed by atoms with E-state index in [9.17, 15) is 25.8 Å². The summed E-state index contributed by atoms with van der Waals surface area (Å²) in [4.78, 5) is -0.560. The summed E-state index contributed by atoms with van der Waals surface area (Å²) in [6.45, 7) is 0.852. The number of hydrogen-bond acceptors (Lipinski definition) is 5. The van der Waals surface area contributed by atoms with Gasteiger partial charge in [-0.2, -0.15) is 13.2 Å². The number of benzene rings is 2. The van der Waals surface area contributed by atoms with E-state index in [2.05, 4.69) is 4.72 Å². The van der Waals surface area contributed by atoms with Gasteiger partial charge in [-0.15, -0.1) is 0 Å². The lowest BCUT2D eigenvalue weighted by Gasteiger charge is -2.12. The molecule has 2 aromatic carbocycles. The van der Waals surface area contributed by atoms with Gasteiger partial charge in [-0.25, -0.2) is 12.6 Å². The van der Waals surface area contributed by atoms with E-state index >= 15 is 0 Å². The highest BCUT2D eigenvalue weighted by Gasteiger charge is 2.37. The van der Waals surface area contributed by atoms with E-state index in [1.807, 2.05) is 0 Å². The Kier molecular flexibility index (Phi) is 5.33. The fourth-order valence-electron chi connectivity index (χ4n) is 2.31. The lowest BCUT2D eigenvalue weighted by Crippen LogP contribution is -2.16. The molecule has 0 bridgehead atoms. The topological polar surface area (TPSA) is 81.7 Å². The minimum atomic E-state index is -4.88. The van der Waals surface area contributed by atoms with Crippen LogP contribution in [0.4, 0.5) is 18.9 Å². The third-order valence-electron chi connectivity index (χ3n) is 3.56. The predicted octanol–water partition coefficient (Wildman–Crippen LogP) is 3.28. The van der Waals surface area contributed by atoms with Crippen molar-refractivity contribution in [2.45, 2.75) is 21.7 Å². The molecule has 6 nitrogen and oxygen atoms in total. The summed E-state index contributed by atoms with van der Waals surface area (Å²) >= 11 is 0. The molecule has 0 saturated heterocycles. The fourth-order valence-corrected chi connectivity index (χ4v) is 4.03. The zero-order chi connectivity index (χ0) is 19.7. The Hall–Kier alpha value is -2.27. The molecule has 11 heteroatoms. The van der Waals surface area contributed by atoms with Gasteiger partial charge < -0.3 is 9.47 Å². The number of nitrogens with one attached hydrogen (secondary N) is 1. The summed E-state index contributed by atoms with van der Waals surface area (Å²) in [5, 5.41) is 0. The molecule has 1 N–H and O–H groups in total. The van der Waals surface area contributed by atoms with Crippen LogP contribution in [-0.2, 0) is 20.8 Å². The van der Waals surface area contributed by atoms with Crippen LogP contribution < -0.4 is 14.2 Å². The third-order valence-corrected chi connectivity index (χ3v) is 6.06. The molecule has 1 aliphatic heterocycles. The molecule has 0 aromatic heterocycles. The minimum absolute atomic E-state index is 0.0324. The van der Waals surface area contributed by atoms with Crippen LogP contribution in [0.15, 0.2) is 52.3 Å². The molecule has 1 atom stereocenters. The molecular weight excluding hydrogens is 407 g/mol. The maximum absolute atomic E-state index is 12.5. The number of hydrogen-bond donors (Lipinski definition) is 1. The van der Waals surface area contributed by atoms with Gasteiger partial charge in [0, 0.05) is 23.1 Å². The summed E-state index contributed by atoms with van der Waals surface area (Å²) in [7, 11) is -7.18. The Morgan fingerprint density at radius 1 is 0.963 bits per heavy atom. The van der Waals surface area contributed by atoms with Crippen molar-refractivity contribution < 1.29 is 35.3 Å². The number of anilines is 1. The number of ether oxygens (including phenoxy) is 2. The lowest BCUT2D eigenvalue weighted by molar-refractivity contribution is -0.0384. The van der Waals surface area contributed by atoms with Crippen LogP contribution >= 0.6 is 0 Å². The van der Waals surface area contributed by atoms with Crippen LogP contribution in [0.2, 0.25) is 0 Å². The van der Waals surface area contributed by atoms with E-state index in [-0.39, 0.29) is 10.6 Å². The summed E-state index contributed by atoms with van der Waals surface area (Å²) in [5.41, 5.74) is -4.85. The Bertz CT molecular complexity index is 959. The van der Waals surface area contributed by atoms with Crippen LogP contribution in [0.1, 0.15) is 6.42 Å². The van der Waals surface area contributed by atoms with Gasteiger partial charge >= 0.3 is 5.51 Å². The van der Waals surface area contributed by atoms with Gasteiger partial charge in [-0.3, -0.25) is 4.72 Å². The Morgan fingerprint density at radius 2 is 1.59 bits per heavy atom. The van der Waals surface area contributed by atoms with Gasteiger partial charge in [0.15, 0.2) is 22.3 Å². The summed E-state index contributed by atoms with van der Waals surface area (Å²) in [6.07, 6.45) is 0.667. The number of alkyl halides is 3. The minimum Gasteiger partial charge on any atom is -0.490 e. The molecule has 27 heavy (non-hydrogen) atoms. The average Bonchev–Trinajstić information content (AvgIpc) is 2.85. The van der Waals surface area contributed by atoms with Crippen molar-refractivity contribution in [2.24, 2.45) is 0 Å². The molecule has 0 aliphatic carbocycles. The van der Waals surface area contributed by atoms with Crippen molar-refractivity contribution in [1.82, 2.24) is 0 Å². The van der Waals surface area contributed by atoms with Gasteiger partial charge in [0.2, 0.25) is 0 Å². The maximum atomic E-state index is 12.5. The van der Waals surface area contributed by atoms with E-state index in [0.29, 0.717) is 31.1 Å². The molecule has 0 radical (unpaired) electrons. The molecule has 0 spiro atoms. The Balaban J connectivity index is 1.80. The number of halogens is 3. The molecule has 2 aromatic rings. The second-order valence-electron chi connectivity index (χ2n) is 5.50. The van der Waals surface area contributed by atoms with Gasteiger partial charge in [0.05, 0.1) is 18.1 Å². The van der Waals surface area contributed by atoms with Crippen LogP contribution in [0, 0.1) is 0 Å². The quantitative estimate of drug-likeness (QED) is 0.820. The average molecular weight is 421 g/mol. The number of fused-ring (bicyclic) bond motifs is 1. The lowest BCUT2D eigenvalue weighted by atomic mass is 10.3. The van der Waals surface area contributed by atoms with E-state index in [4.69, 9.17) is 9.47 Å². The maximum Gasteiger partial charge on any atom is 0.475 e. The zero-order valence-corrected chi connectivity index (χ0v) is 15.3. The summed E-state index contributed by atoms with van der Waals surface area (Å²) in [6, 6.07) is 8.26. The number of sulfonamides is 1. The largest absolute Gasteiger partial charge is 0.490 e. The molecule has 0 amide bonds. The first-order valence-corrected chi connectivity index (χ1v) is 10.3. The van der Waals surface area contributed by atoms with Crippen molar-refractivity contribution in [3.05, 3.63) is 42.5 Å². The monoisotopic (exact) mass is 421 g/mol. The summed E-state index contributed by atoms with van der Waals surface area (Å²) < 4.78 is 86.8. The Morgan fingerprint density at radius 3 is 2.22 bits per heavy atom. The normalized spacial score (nSPS) is 15.7. The zero-order valence-electron chi connectivity index (χ0n) is 13.7. The van der Waals surface area contributed by atoms with Crippen LogP contribution in [0.25, 0.3) is 0 Å². The Labute approximate surface area is 155 Å². The molecule has 3 rings (SSSR count). The van der Waals surface area contributed by atoms with Gasteiger partial charge in [0.25, 0.3) is 10.0 Å². The highest BCUT2D eigenvalue weighted by Crippen LogP contribution is 2.33. The van der Waals surface area contributed by atoms with Crippen molar-refractivity contribution in [3.63, 3.8) is 0 Å². The number of rotatable bonds is 4. The molecule has 1 heterocycles. The highest BCUT2D eigenvalue weighted by molar-refractivity contribution is 7.92. The highest BCUT2D eigenvalue weighted by atomic mass is 32.2. The SMILES string of the molecule is O=S(c1ccc(NS(=O)(=O)c2ccc3c(c2)OCCCO3)cc1)C(F)(F)F. The standard InChI is InChI=1S/C16H14F3NO5S2/c17-16(18,19)26(21)12-4-2-11(3-5-12)20-27(22,23)13-6-7-14-15(10-13)25-9-1-8-24-14/h2-7,10,20H,1,8-9H2. The van der Waals surface area contributed by atoms with E-state index in [0.717, 1.165) is 24.3 Å².